The summed E-state index contributed by atoms with van der Waals surface area (Å²) in [6.45, 7) is 6.92. The summed E-state index contributed by atoms with van der Waals surface area (Å²) in [4.78, 5) is 13.1. The van der Waals surface area contributed by atoms with Crippen molar-refractivity contribution in [3.8, 4) is 0 Å². The monoisotopic (exact) mass is 239 g/mol. The van der Waals surface area contributed by atoms with Crippen LogP contribution in [0.15, 0.2) is 4.42 Å². The Balaban J connectivity index is 2.14. The molecule has 1 aromatic rings. The van der Waals surface area contributed by atoms with E-state index in [1.54, 1.807) is 6.92 Å². The second kappa shape index (κ2) is 4.01. The molecule has 1 N–H and O–H groups in total. The van der Waals surface area contributed by atoms with E-state index < -0.39 is 5.97 Å². The van der Waals surface area contributed by atoms with Gasteiger partial charge in [0.15, 0.2) is 0 Å². The van der Waals surface area contributed by atoms with Crippen molar-refractivity contribution < 1.29 is 14.3 Å². The lowest BCUT2D eigenvalue weighted by molar-refractivity contribution is -0.146. The average molecular weight is 239 g/mol. The minimum atomic E-state index is -0.726. The van der Waals surface area contributed by atoms with Crippen molar-refractivity contribution >= 4 is 12.0 Å². The van der Waals surface area contributed by atoms with Crippen LogP contribution in [-0.2, 0) is 4.79 Å². The number of carboxylic acids is 1. The third-order valence-corrected chi connectivity index (χ3v) is 3.31. The fraction of sp³-hybridized carbons (Fsp3) is 0.727. The van der Waals surface area contributed by atoms with Crippen LogP contribution in [0.5, 0.6) is 0 Å². The fourth-order valence-corrected chi connectivity index (χ4v) is 2.39. The summed E-state index contributed by atoms with van der Waals surface area (Å²) in [6.07, 6.45) is 0.601. The Kier molecular flexibility index (Phi) is 2.81. The van der Waals surface area contributed by atoms with Crippen molar-refractivity contribution in [2.45, 2.75) is 27.2 Å². The molecular formula is C11H17N3O3. The summed E-state index contributed by atoms with van der Waals surface area (Å²) >= 11 is 0. The molecule has 1 atom stereocenters. The molecule has 2 rings (SSSR count). The summed E-state index contributed by atoms with van der Waals surface area (Å²) in [5.74, 6) is -0.516. The van der Waals surface area contributed by atoms with Crippen LogP contribution < -0.4 is 4.90 Å². The predicted octanol–water partition coefficient (Wildman–Crippen LogP) is 1.32. The lowest BCUT2D eigenvalue weighted by Crippen LogP contribution is -2.48. The lowest BCUT2D eigenvalue weighted by atomic mass is 9.74. The van der Waals surface area contributed by atoms with Crippen molar-refractivity contribution in [3.63, 3.8) is 0 Å². The van der Waals surface area contributed by atoms with Crippen LogP contribution in [0.25, 0.3) is 0 Å². The lowest BCUT2D eigenvalue weighted by Gasteiger charge is -2.41. The van der Waals surface area contributed by atoms with E-state index in [9.17, 15) is 4.79 Å². The first-order valence-electron chi connectivity index (χ1n) is 5.68. The maximum Gasteiger partial charge on any atom is 0.318 e. The van der Waals surface area contributed by atoms with Crippen LogP contribution in [0, 0.1) is 18.3 Å². The zero-order valence-electron chi connectivity index (χ0n) is 10.3. The molecule has 1 aliphatic heterocycles. The minimum Gasteiger partial charge on any atom is -0.481 e. The van der Waals surface area contributed by atoms with Crippen LogP contribution in [0.1, 0.15) is 26.2 Å². The van der Waals surface area contributed by atoms with E-state index in [0.29, 0.717) is 31.4 Å². The maximum absolute atomic E-state index is 11.1. The fourth-order valence-electron chi connectivity index (χ4n) is 2.39. The van der Waals surface area contributed by atoms with E-state index in [1.165, 1.54) is 0 Å². The SMILES string of the molecule is Cc1nnc(N2CCC(C(=O)O)C(C)(C)C2)o1. The first kappa shape index (κ1) is 11.9. The number of carboxylic acid groups (broad SMARTS) is 1. The summed E-state index contributed by atoms with van der Waals surface area (Å²) in [5.41, 5.74) is -0.299. The molecule has 1 unspecified atom stereocenters. The zero-order valence-corrected chi connectivity index (χ0v) is 10.3. The average Bonchev–Trinajstić information content (AvgIpc) is 2.62. The Labute approximate surface area is 99.6 Å². The molecule has 0 aromatic carbocycles. The molecule has 0 aliphatic carbocycles. The summed E-state index contributed by atoms with van der Waals surface area (Å²) in [6, 6.07) is 0.486. The second-order valence-corrected chi connectivity index (χ2v) is 5.19. The van der Waals surface area contributed by atoms with Crippen molar-refractivity contribution in [1.29, 1.82) is 0 Å². The summed E-state index contributed by atoms with van der Waals surface area (Å²) in [5, 5.41) is 16.9. The van der Waals surface area contributed by atoms with Crippen LogP contribution in [0.4, 0.5) is 6.01 Å². The zero-order chi connectivity index (χ0) is 12.6. The van der Waals surface area contributed by atoms with Crippen LogP contribution in [-0.4, -0.2) is 34.4 Å². The van der Waals surface area contributed by atoms with E-state index in [1.807, 2.05) is 18.7 Å². The van der Waals surface area contributed by atoms with Gasteiger partial charge in [-0.1, -0.05) is 18.9 Å². The van der Waals surface area contributed by atoms with E-state index in [0.717, 1.165) is 0 Å². The molecule has 0 bridgehead atoms. The molecule has 0 saturated carbocycles. The highest BCUT2D eigenvalue weighted by atomic mass is 16.4. The number of aromatic nitrogens is 2. The van der Waals surface area contributed by atoms with Crippen LogP contribution in [0.2, 0.25) is 0 Å². The van der Waals surface area contributed by atoms with Gasteiger partial charge in [-0.25, -0.2) is 0 Å². The molecule has 1 fully saturated rings. The molecule has 2 heterocycles. The van der Waals surface area contributed by atoms with E-state index in [2.05, 4.69) is 10.2 Å². The van der Waals surface area contributed by atoms with E-state index in [4.69, 9.17) is 9.52 Å². The smallest absolute Gasteiger partial charge is 0.318 e. The summed E-state index contributed by atoms with van der Waals surface area (Å²) < 4.78 is 5.37. The molecule has 0 spiro atoms. The van der Waals surface area contributed by atoms with Crippen molar-refractivity contribution in [1.82, 2.24) is 10.2 Å². The van der Waals surface area contributed by atoms with Gasteiger partial charge in [0, 0.05) is 20.0 Å². The Morgan fingerprint density at radius 3 is 2.71 bits per heavy atom. The molecule has 6 heteroatoms. The van der Waals surface area contributed by atoms with Crippen LogP contribution >= 0.6 is 0 Å². The molecule has 1 aliphatic rings. The van der Waals surface area contributed by atoms with Gasteiger partial charge in [0.05, 0.1) is 5.92 Å². The standard InChI is InChI=1S/C11H17N3O3/c1-7-12-13-10(17-7)14-5-4-8(9(15)16)11(2,3)6-14/h8H,4-6H2,1-3H3,(H,15,16). The maximum atomic E-state index is 11.1. The minimum absolute atomic E-state index is 0.299. The highest BCUT2D eigenvalue weighted by Crippen LogP contribution is 2.36. The van der Waals surface area contributed by atoms with Gasteiger partial charge in [0.2, 0.25) is 5.89 Å². The normalized spacial score (nSPS) is 23.7. The molecule has 0 amide bonds. The van der Waals surface area contributed by atoms with Crippen LogP contribution in [0.3, 0.4) is 0 Å². The molecule has 0 radical (unpaired) electrons. The van der Waals surface area contributed by atoms with Gasteiger partial charge in [-0.2, -0.15) is 0 Å². The molecule has 1 aromatic heterocycles. The first-order valence-corrected chi connectivity index (χ1v) is 5.68. The summed E-state index contributed by atoms with van der Waals surface area (Å²) in [7, 11) is 0. The van der Waals surface area contributed by atoms with Gasteiger partial charge in [-0.05, 0) is 11.8 Å². The van der Waals surface area contributed by atoms with Crippen molar-refractivity contribution in [3.05, 3.63) is 5.89 Å². The Bertz CT molecular complexity index is 427. The number of hydrogen-bond acceptors (Lipinski definition) is 5. The van der Waals surface area contributed by atoms with Gasteiger partial charge in [-0.3, -0.25) is 4.79 Å². The number of aliphatic carboxylic acids is 1. The third kappa shape index (κ3) is 2.25. The highest BCUT2D eigenvalue weighted by molar-refractivity contribution is 5.71. The first-order chi connectivity index (χ1) is 7.90. The number of hydrogen-bond donors (Lipinski definition) is 1. The number of piperidine rings is 1. The van der Waals surface area contributed by atoms with Gasteiger partial charge in [0.1, 0.15) is 0 Å². The van der Waals surface area contributed by atoms with Crippen molar-refractivity contribution in [2.24, 2.45) is 11.3 Å². The molecular weight excluding hydrogens is 222 g/mol. The number of nitrogens with zero attached hydrogens (tertiary/aromatic N) is 3. The highest BCUT2D eigenvalue weighted by Gasteiger charge is 2.41. The quantitative estimate of drug-likeness (QED) is 0.838. The van der Waals surface area contributed by atoms with Crippen molar-refractivity contribution in [2.75, 3.05) is 18.0 Å². The molecule has 1 saturated heterocycles. The number of anilines is 1. The molecule has 6 nitrogen and oxygen atoms in total. The topological polar surface area (TPSA) is 79.5 Å². The van der Waals surface area contributed by atoms with E-state index >= 15 is 0 Å². The third-order valence-electron chi connectivity index (χ3n) is 3.31. The molecule has 94 valence electrons. The van der Waals surface area contributed by atoms with Gasteiger partial charge < -0.3 is 14.4 Å². The Morgan fingerprint density at radius 2 is 2.24 bits per heavy atom. The number of aryl methyl sites for hydroxylation is 1. The molecule has 17 heavy (non-hydrogen) atoms. The predicted molar refractivity (Wildman–Crippen MR) is 60.8 cm³/mol. The second-order valence-electron chi connectivity index (χ2n) is 5.19. The van der Waals surface area contributed by atoms with E-state index in [-0.39, 0.29) is 11.3 Å². The van der Waals surface area contributed by atoms with Gasteiger partial charge in [-0.15, -0.1) is 5.10 Å². The van der Waals surface area contributed by atoms with Gasteiger partial charge >= 0.3 is 12.0 Å². The van der Waals surface area contributed by atoms with Gasteiger partial charge in [0.25, 0.3) is 0 Å². The largest absolute Gasteiger partial charge is 0.481 e. The number of carbonyl (C=O) groups is 1. The Hall–Kier alpha value is -1.59. The number of rotatable bonds is 2. The Morgan fingerprint density at radius 1 is 1.53 bits per heavy atom.